The van der Waals surface area contributed by atoms with E-state index in [1.165, 1.54) is 17.7 Å². The molecule has 0 aromatic carbocycles. The number of aryl methyl sites for hydroxylation is 1. The highest BCUT2D eigenvalue weighted by Gasteiger charge is 2.29. The Morgan fingerprint density at radius 1 is 1.43 bits per heavy atom. The zero-order valence-electron chi connectivity index (χ0n) is 14.8. The van der Waals surface area contributed by atoms with Crippen LogP contribution in [0, 0.1) is 0 Å². The Bertz CT molecular complexity index is 667. The van der Waals surface area contributed by atoms with Gasteiger partial charge in [-0.25, -0.2) is 0 Å². The molecule has 6 heteroatoms. The quantitative estimate of drug-likeness (QED) is 0.937. The first-order valence-electron chi connectivity index (χ1n) is 8.56. The second kappa shape index (κ2) is 6.07. The Morgan fingerprint density at radius 3 is 2.87 bits per heavy atom. The normalized spacial score (nSPS) is 19.6. The molecular weight excluding hydrogens is 290 g/mol. The molecule has 23 heavy (non-hydrogen) atoms. The summed E-state index contributed by atoms with van der Waals surface area (Å²) in [6, 6.07) is 0.332. The summed E-state index contributed by atoms with van der Waals surface area (Å²) >= 11 is 0. The third kappa shape index (κ3) is 3.17. The molecule has 2 aromatic rings. The summed E-state index contributed by atoms with van der Waals surface area (Å²) in [5.74, 6) is 1.43. The van der Waals surface area contributed by atoms with E-state index in [1.807, 2.05) is 13.1 Å². The number of aromatic nitrogens is 4. The van der Waals surface area contributed by atoms with Gasteiger partial charge < -0.3 is 4.52 Å². The van der Waals surface area contributed by atoms with Crippen molar-refractivity contribution in [3.8, 4) is 0 Å². The fourth-order valence-corrected chi connectivity index (χ4v) is 3.27. The Balaban J connectivity index is 1.79. The molecule has 0 spiro atoms. The molecular formula is C17H27N5O. The van der Waals surface area contributed by atoms with Gasteiger partial charge in [-0.2, -0.15) is 10.1 Å². The second-order valence-electron chi connectivity index (χ2n) is 7.36. The third-order valence-corrected chi connectivity index (χ3v) is 4.44. The van der Waals surface area contributed by atoms with Gasteiger partial charge in [0.15, 0.2) is 5.82 Å². The first kappa shape index (κ1) is 16.2. The van der Waals surface area contributed by atoms with Crippen LogP contribution in [0.1, 0.15) is 82.5 Å². The molecule has 1 aliphatic rings. The van der Waals surface area contributed by atoms with E-state index in [2.05, 4.69) is 52.9 Å². The third-order valence-electron chi connectivity index (χ3n) is 4.44. The van der Waals surface area contributed by atoms with Gasteiger partial charge in [-0.1, -0.05) is 12.1 Å². The molecule has 0 fully saturated rings. The van der Waals surface area contributed by atoms with Crippen molar-refractivity contribution in [3.63, 3.8) is 0 Å². The monoisotopic (exact) mass is 317 g/mol. The average Bonchev–Trinajstić information content (AvgIpc) is 3.13. The van der Waals surface area contributed by atoms with E-state index in [4.69, 9.17) is 4.52 Å². The highest BCUT2D eigenvalue weighted by Crippen LogP contribution is 2.33. The molecule has 126 valence electrons. The molecule has 3 rings (SSSR count). The summed E-state index contributed by atoms with van der Waals surface area (Å²) < 4.78 is 7.53. The lowest BCUT2D eigenvalue weighted by Gasteiger charge is -2.29. The zero-order chi connectivity index (χ0) is 16.6. The number of nitrogens with one attached hydrogen (secondary N) is 1. The molecule has 0 saturated heterocycles. The fourth-order valence-electron chi connectivity index (χ4n) is 3.27. The van der Waals surface area contributed by atoms with Gasteiger partial charge in [0.2, 0.25) is 5.89 Å². The molecule has 0 unspecified atom stereocenters. The molecule has 2 atom stereocenters. The summed E-state index contributed by atoms with van der Waals surface area (Å²) in [5.41, 5.74) is 2.69. The van der Waals surface area contributed by atoms with Gasteiger partial charge in [-0.3, -0.25) is 10.00 Å². The lowest BCUT2D eigenvalue weighted by atomic mass is 9.91. The number of rotatable bonds is 4. The summed E-state index contributed by atoms with van der Waals surface area (Å²) in [4.78, 5) is 4.43. The lowest BCUT2D eigenvalue weighted by molar-refractivity contribution is 0.305. The van der Waals surface area contributed by atoms with Crippen molar-refractivity contribution in [2.45, 2.75) is 77.9 Å². The maximum atomic E-state index is 5.36. The number of fused-ring (bicyclic) bond motifs is 1. The van der Waals surface area contributed by atoms with E-state index < -0.39 is 0 Å². The SMILES string of the molecule is CCc1noc([C@@H](C)N[C@H]2CCCc3c2cnn3C(C)(C)C)n1. The van der Waals surface area contributed by atoms with Crippen LogP contribution in [0.3, 0.4) is 0 Å². The predicted octanol–water partition coefficient (Wildman–Crippen LogP) is 3.31. The van der Waals surface area contributed by atoms with Crippen molar-refractivity contribution in [1.29, 1.82) is 0 Å². The second-order valence-corrected chi connectivity index (χ2v) is 7.36. The van der Waals surface area contributed by atoms with E-state index in [0.29, 0.717) is 11.9 Å². The first-order chi connectivity index (χ1) is 10.9. The van der Waals surface area contributed by atoms with Gasteiger partial charge in [0.1, 0.15) is 0 Å². The molecule has 0 radical (unpaired) electrons. The van der Waals surface area contributed by atoms with E-state index in [1.54, 1.807) is 0 Å². The Kier molecular flexibility index (Phi) is 4.27. The van der Waals surface area contributed by atoms with Crippen LogP contribution in [0.4, 0.5) is 0 Å². The highest BCUT2D eigenvalue weighted by atomic mass is 16.5. The van der Waals surface area contributed by atoms with Crippen LogP contribution in [0.25, 0.3) is 0 Å². The average molecular weight is 317 g/mol. The number of hydrogen-bond donors (Lipinski definition) is 1. The summed E-state index contributed by atoms with van der Waals surface area (Å²) in [7, 11) is 0. The Hall–Kier alpha value is -1.69. The van der Waals surface area contributed by atoms with Gasteiger partial charge in [-0.15, -0.1) is 0 Å². The van der Waals surface area contributed by atoms with Crippen LogP contribution in [-0.4, -0.2) is 19.9 Å². The van der Waals surface area contributed by atoms with Crippen molar-refractivity contribution < 1.29 is 4.52 Å². The van der Waals surface area contributed by atoms with Crippen LogP contribution in [0.15, 0.2) is 10.7 Å². The van der Waals surface area contributed by atoms with Crippen LogP contribution in [0.5, 0.6) is 0 Å². The molecule has 2 heterocycles. The smallest absolute Gasteiger partial charge is 0.243 e. The largest absolute Gasteiger partial charge is 0.338 e. The van der Waals surface area contributed by atoms with Crippen molar-refractivity contribution in [1.82, 2.24) is 25.2 Å². The molecule has 0 amide bonds. The van der Waals surface area contributed by atoms with Gasteiger partial charge in [0, 0.05) is 23.7 Å². The summed E-state index contributed by atoms with van der Waals surface area (Å²) in [6.45, 7) is 10.7. The van der Waals surface area contributed by atoms with Crippen molar-refractivity contribution in [2.75, 3.05) is 0 Å². The Morgan fingerprint density at radius 2 is 2.22 bits per heavy atom. The summed E-state index contributed by atoms with van der Waals surface area (Å²) in [5, 5.41) is 12.3. The zero-order valence-corrected chi connectivity index (χ0v) is 14.8. The molecule has 6 nitrogen and oxygen atoms in total. The van der Waals surface area contributed by atoms with E-state index >= 15 is 0 Å². The lowest BCUT2D eigenvalue weighted by Crippen LogP contribution is -2.30. The number of hydrogen-bond acceptors (Lipinski definition) is 5. The molecule has 0 bridgehead atoms. The Labute approximate surface area is 137 Å². The standard InChI is InChI=1S/C17H27N5O/c1-6-15-20-16(23-21-15)11(2)19-13-8-7-9-14-12(13)10-18-22(14)17(3,4)5/h10-11,13,19H,6-9H2,1-5H3/t11-,13+/m1/s1. The van der Waals surface area contributed by atoms with Crippen molar-refractivity contribution in [2.24, 2.45) is 0 Å². The van der Waals surface area contributed by atoms with Gasteiger partial charge >= 0.3 is 0 Å². The van der Waals surface area contributed by atoms with E-state index in [-0.39, 0.29) is 11.6 Å². The van der Waals surface area contributed by atoms with Gasteiger partial charge in [0.25, 0.3) is 0 Å². The first-order valence-corrected chi connectivity index (χ1v) is 8.56. The van der Waals surface area contributed by atoms with E-state index in [0.717, 1.165) is 25.1 Å². The van der Waals surface area contributed by atoms with E-state index in [9.17, 15) is 0 Å². The van der Waals surface area contributed by atoms with Crippen molar-refractivity contribution >= 4 is 0 Å². The number of nitrogens with zero attached hydrogens (tertiary/aromatic N) is 4. The van der Waals surface area contributed by atoms with Crippen LogP contribution in [-0.2, 0) is 18.4 Å². The van der Waals surface area contributed by atoms with Gasteiger partial charge in [0.05, 0.1) is 17.8 Å². The van der Waals surface area contributed by atoms with Crippen LogP contribution < -0.4 is 5.32 Å². The minimum absolute atomic E-state index is 0.0175. The maximum Gasteiger partial charge on any atom is 0.243 e. The van der Waals surface area contributed by atoms with Crippen LogP contribution >= 0.6 is 0 Å². The highest BCUT2D eigenvalue weighted by molar-refractivity contribution is 5.26. The molecule has 1 aliphatic carbocycles. The van der Waals surface area contributed by atoms with Crippen LogP contribution in [0.2, 0.25) is 0 Å². The maximum absolute atomic E-state index is 5.36. The molecule has 2 aromatic heterocycles. The minimum Gasteiger partial charge on any atom is -0.338 e. The topological polar surface area (TPSA) is 68.8 Å². The molecule has 0 aliphatic heterocycles. The predicted molar refractivity (Wildman–Crippen MR) is 88.1 cm³/mol. The molecule has 0 saturated carbocycles. The fraction of sp³-hybridized carbons (Fsp3) is 0.706. The molecule has 1 N–H and O–H groups in total. The minimum atomic E-state index is 0.0175. The summed E-state index contributed by atoms with van der Waals surface area (Å²) in [6.07, 6.45) is 6.20. The van der Waals surface area contributed by atoms with Gasteiger partial charge in [-0.05, 0) is 47.0 Å². The van der Waals surface area contributed by atoms with Crippen molar-refractivity contribution in [3.05, 3.63) is 29.2 Å².